The first-order valence-corrected chi connectivity index (χ1v) is 13.0. The first-order valence-electron chi connectivity index (χ1n) is 13.0. The summed E-state index contributed by atoms with van der Waals surface area (Å²) < 4.78 is 0. The van der Waals surface area contributed by atoms with Crippen LogP contribution in [0.4, 0.5) is 0 Å². The van der Waals surface area contributed by atoms with E-state index in [-0.39, 0.29) is 5.41 Å². The first-order chi connectivity index (χ1) is 16.3. The summed E-state index contributed by atoms with van der Waals surface area (Å²) in [7, 11) is 0. The summed E-state index contributed by atoms with van der Waals surface area (Å²) in [6.45, 7) is 0. The first kappa shape index (κ1) is 18.6. The van der Waals surface area contributed by atoms with E-state index < -0.39 is 0 Å². The van der Waals surface area contributed by atoms with Crippen molar-refractivity contribution in [3.05, 3.63) is 107 Å². The van der Waals surface area contributed by atoms with Crippen LogP contribution in [0.25, 0.3) is 21.9 Å². The summed E-state index contributed by atoms with van der Waals surface area (Å²) in [5, 5.41) is 2.88. The predicted molar refractivity (Wildman–Crippen MR) is 136 cm³/mol. The molecule has 0 radical (unpaired) electrons. The second kappa shape index (κ2) is 6.60. The third-order valence-corrected chi connectivity index (χ3v) is 9.93. The molecule has 4 aromatic carbocycles. The molecule has 5 aliphatic rings. The van der Waals surface area contributed by atoms with Gasteiger partial charge in [0, 0.05) is 5.41 Å². The van der Waals surface area contributed by atoms with E-state index in [1.807, 2.05) is 0 Å². The van der Waals surface area contributed by atoms with Crippen LogP contribution in [0, 0.1) is 23.7 Å². The molecule has 4 bridgehead atoms. The molecule has 4 fully saturated rings. The summed E-state index contributed by atoms with van der Waals surface area (Å²) in [4.78, 5) is 0. The van der Waals surface area contributed by atoms with Crippen molar-refractivity contribution in [1.82, 2.24) is 0 Å². The van der Waals surface area contributed by atoms with Gasteiger partial charge in [-0.05, 0) is 106 Å². The molecule has 0 amide bonds. The summed E-state index contributed by atoms with van der Waals surface area (Å²) in [5.41, 5.74) is 9.34. The van der Waals surface area contributed by atoms with Crippen LogP contribution in [0.3, 0.4) is 0 Å². The van der Waals surface area contributed by atoms with Crippen molar-refractivity contribution in [3.8, 4) is 11.1 Å². The van der Waals surface area contributed by atoms with Crippen LogP contribution in [0.15, 0.2) is 84.9 Å². The van der Waals surface area contributed by atoms with Gasteiger partial charge in [0.2, 0.25) is 0 Å². The zero-order valence-electron chi connectivity index (χ0n) is 19.1. The molecule has 5 aliphatic carbocycles. The Balaban J connectivity index is 1.39. The normalized spacial score (nSPS) is 31.0. The highest BCUT2D eigenvalue weighted by atomic mass is 14.6. The Morgan fingerprint density at radius 1 is 0.576 bits per heavy atom. The fraction of sp³-hybridized carbons (Fsp3) is 0.333. The largest absolute Gasteiger partial charge is 0.0619 e. The molecule has 0 heterocycles. The molecule has 0 aliphatic heterocycles. The van der Waals surface area contributed by atoms with Crippen molar-refractivity contribution in [2.45, 2.75) is 43.9 Å². The lowest BCUT2D eigenvalue weighted by Gasteiger charge is -2.62. The van der Waals surface area contributed by atoms with E-state index in [1.165, 1.54) is 59.6 Å². The lowest BCUT2D eigenvalue weighted by Crippen LogP contribution is -2.56. The quantitative estimate of drug-likeness (QED) is 0.267. The molecule has 0 spiro atoms. The molecule has 0 unspecified atom stereocenters. The number of benzene rings is 4. The SMILES string of the molecule is c1ccc2c(c1)Cc1cc(C3(c4cccc5ccccc45)C4CC5CC(C4)CC3C5)ccc1-2. The van der Waals surface area contributed by atoms with Crippen molar-refractivity contribution in [2.75, 3.05) is 0 Å². The van der Waals surface area contributed by atoms with Gasteiger partial charge in [0.1, 0.15) is 0 Å². The highest BCUT2D eigenvalue weighted by Gasteiger charge is 2.59. The topological polar surface area (TPSA) is 0 Å². The molecule has 0 saturated heterocycles. The van der Waals surface area contributed by atoms with Gasteiger partial charge in [0.25, 0.3) is 0 Å². The monoisotopic (exact) mass is 426 g/mol. The minimum atomic E-state index is 0.165. The van der Waals surface area contributed by atoms with Crippen LogP contribution >= 0.6 is 0 Å². The molecule has 0 nitrogen and oxygen atoms in total. The van der Waals surface area contributed by atoms with E-state index >= 15 is 0 Å². The Kier molecular flexibility index (Phi) is 3.71. The van der Waals surface area contributed by atoms with Gasteiger partial charge in [-0.3, -0.25) is 0 Å². The van der Waals surface area contributed by atoms with Crippen LogP contribution in [0.5, 0.6) is 0 Å². The van der Waals surface area contributed by atoms with Gasteiger partial charge < -0.3 is 0 Å². The van der Waals surface area contributed by atoms with Crippen LogP contribution < -0.4 is 0 Å². The third-order valence-electron chi connectivity index (χ3n) is 9.93. The van der Waals surface area contributed by atoms with Crippen LogP contribution in [-0.4, -0.2) is 0 Å². The maximum atomic E-state index is 2.64. The minimum absolute atomic E-state index is 0.165. The molecular weight excluding hydrogens is 396 g/mol. The van der Waals surface area contributed by atoms with Crippen molar-refractivity contribution in [2.24, 2.45) is 23.7 Å². The number of rotatable bonds is 2. The van der Waals surface area contributed by atoms with Crippen LogP contribution in [-0.2, 0) is 11.8 Å². The molecule has 162 valence electrons. The second-order valence-electron chi connectivity index (χ2n) is 11.4. The Morgan fingerprint density at radius 3 is 2.12 bits per heavy atom. The predicted octanol–water partition coefficient (Wildman–Crippen LogP) is 8.15. The molecule has 0 aromatic heterocycles. The van der Waals surface area contributed by atoms with Gasteiger partial charge in [0.15, 0.2) is 0 Å². The lowest BCUT2D eigenvalue weighted by molar-refractivity contribution is -0.0412. The molecule has 9 rings (SSSR count). The molecular formula is C33H30. The van der Waals surface area contributed by atoms with E-state index in [0.29, 0.717) is 0 Å². The van der Waals surface area contributed by atoms with E-state index in [0.717, 1.165) is 30.1 Å². The summed E-state index contributed by atoms with van der Waals surface area (Å²) in [6.07, 6.45) is 8.28. The average Bonchev–Trinajstić information content (AvgIpc) is 3.22. The number of hydrogen-bond donors (Lipinski definition) is 0. The lowest BCUT2D eigenvalue weighted by atomic mass is 9.42. The van der Waals surface area contributed by atoms with Gasteiger partial charge in [-0.15, -0.1) is 0 Å². The average molecular weight is 427 g/mol. The standard InChI is InChI=1S/C33H30/c1-4-10-31-23(6-1)8-5-11-32(31)33(27-15-21-14-22(17-27)18-28(33)16-21)26-12-13-30-25(20-26)19-24-7-2-3-9-29(24)30/h1-13,20-22,27-28H,14-19H2. The molecule has 4 saturated carbocycles. The van der Waals surface area contributed by atoms with Gasteiger partial charge >= 0.3 is 0 Å². The van der Waals surface area contributed by atoms with Crippen LogP contribution in [0.1, 0.15) is 54.4 Å². The highest BCUT2D eigenvalue weighted by Crippen LogP contribution is 2.66. The van der Waals surface area contributed by atoms with Gasteiger partial charge in [-0.25, -0.2) is 0 Å². The Morgan fingerprint density at radius 2 is 1.27 bits per heavy atom. The number of fused-ring (bicyclic) bond motifs is 4. The Hall–Kier alpha value is -2.86. The van der Waals surface area contributed by atoms with E-state index in [2.05, 4.69) is 84.9 Å². The van der Waals surface area contributed by atoms with E-state index in [1.54, 1.807) is 16.7 Å². The maximum Gasteiger partial charge on any atom is 0.0265 e. The number of hydrogen-bond acceptors (Lipinski definition) is 0. The highest BCUT2D eigenvalue weighted by molar-refractivity contribution is 5.88. The van der Waals surface area contributed by atoms with Crippen LogP contribution in [0.2, 0.25) is 0 Å². The Labute approximate surface area is 196 Å². The van der Waals surface area contributed by atoms with E-state index in [4.69, 9.17) is 0 Å². The zero-order valence-corrected chi connectivity index (χ0v) is 19.1. The Bertz CT molecular complexity index is 1370. The maximum absolute atomic E-state index is 2.64. The van der Waals surface area contributed by atoms with Crippen molar-refractivity contribution in [1.29, 1.82) is 0 Å². The van der Waals surface area contributed by atoms with Crippen molar-refractivity contribution >= 4 is 10.8 Å². The molecule has 4 aromatic rings. The van der Waals surface area contributed by atoms with Crippen molar-refractivity contribution in [3.63, 3.8) is 0 Å². The summed E-state index contributed by atoms with van der Waals surface area (Å²) in [6, 6.07) is 32.9. The molecule has 0 heteroatoms. The second-order valence-corrected chi connectivity index (χ2v) is 11.4. The molecule has 33 heavy (non-hydrogen) atoms. The zero-order chi connectivity index (χ0) is 21.6. The van der Waals surface area contributed by atoms with Gasteiger partial charge in [-0.1, -0.05) is 84.9 Å². The van der Waals surface area contributed by atoms with Crippen molar-refractivity contribution < 1.29 is 0 Å². The fourth-order valence-electron chi connectivity index (χ4n) is 8.98. The summed E-state index contributed by atoms with van der Waals surface area (Å²) in [5.74, 6) is 3.49. The van der Waals surface area contributed by atoms with E-state index in [9.17, 15) is 0 Å². The smallest absolute Gasteiger partial charge is 0.0265 e. The molecule has 0 N–H and O–H groups in total. The van der Waals surface area contributed by atoms with Gasteiger partial charge in [-0.2, -0.15) is 0 Å². The third kappa shape index (κ3) is 2.42. The minimum Gasteiger partial charge on any atom is -0.0619 e. The fourth-order valence-corrected chi connectivity index (χ4v) is 8.98. The van der Waals surface area contributed by atoms with Gasteiger partial charge in [0.05, 0.1) is 0 Å². The molecule has 0 atom stereocenters. The summed E-state index contributed by atoms with van der Waals surface area (Å²) >= 11 is 0.